The zero-order valence-corrected chi connectivity index (χ0v) is 9.01. The molecule has 0 rings (SSSR count). The number of rotatable bonds is 4. The van der Waals surface area contributed by atoms with Crippen LogP contribution in [-0.2, 0) is 4.79 Å². The Labute approximate surface area is 85.5 Å². The Morgan fingerprint density at radius 1 is 1.36 bits per heavy atom. The Bertz CT molecular complexity index is 74.5. The summed E-state index contributed by atoms with van der Waals surface area (Å²) in [5.74, 6) is -0.682. The second kappa shape index (κ2) is 16.7. The average molecular weight is 170 g/mol. The van der Waals surface area contributed by atoms with Crippen molar-refractivity contribution in [2.24, 2.45) is 0 Å². The van der Waals surface area contributed by atoms with Gasteiger partial charge in [0.15, 0.2) is 0 Å². The molecule has 0 aromatic heterocycles. The Balaban J connectivity index is -0.000000196. The molecule has 3 heteroatoms. The van der Waals surface area contributed by atoms with Crippen LogP contribution in [0.4, 0.5) is 0 Å². The smallest absolute Gasteiger partial charge is 0.481 e. The van der Waals surface area contributed by atoms with Crippen LogP contribution < -0.4 is 0 Å². The van der Waals surface area contributed by atoms with Gasteiger partial charge in [0.1, 0.15) is 0 Å². The van der Waals surface area contributed by atoms with Gasteiger partial charge in [-0.05, 0) is 6.42 Å². The molecule has 0 heterocycles. The molecule has 0 aromatic rings. The second-order valence-electron chi connectivity index (χ2n) is 1.85. The third kappa shape index (κ3) is 25.3. The molecule has 0 atom stereocenters. The molecule has 0 amide bonds. The van der Waals surface area contributed by atoms with Gasteiger partial charge in [0.25, 0.3) is 0 Å². The quantitative estimate of drug-likeness (QED) is 0.398. The summed E-state index contributed by atoms with van der Waals surface area (Å²) in [6.07, 6.45) is 3.28. The van der Waals surface area contributed by atoms with Gasteiger partial charge < -0.3 is 12.0 Å². The summed E-state index contributed by atoms with van der Waals surface area (Å²) in [5.41, 5.74) is 0. The minimum atomic E-state index is -0.682. The summed E-state index contributed by atoms with van der Waals surface area (Å²) >= 11 is 0. The van der Waals surface area contributed by atoms with Gasteiger partial charge in [-0.1, -0.05) is 19.8 Å². The van der Waals surface area contributed by atoms with Gasteiger partial charge in [-0.25, -0.2) is 0 Å². The molecule has 0 saturated heterocycles. The molecule has 0 aromatic carbocycles. The molecular weight excluding hydrogens is 152 g/mol. The van der Waals surface area contributed by atoms with Crippen LogP contribution in [0.3, 0.4) is 0 Å². The zero-order chi connectivity index (χ0) is 8.41. The fourth-order valence-electron chi connectivity index (χ4n) is 0.526. The summed E-state index contributed by atoms with van der Waals surface area (Å²) in [6.45, 7) is 7.06. The van der Waals surface area contributed by atoms with E-state index in [2.05, 4.69) is 13.8 Å². The Kier molecular flexibility index (Phi) is 26.3. The minimum absolute atomic E-state index is 0. The number of hydrogen-bond donors (Lipinski definition) is 1. The molecule has 0 aliphatic carbocycles. The molecule has 0 unspecified atom stereocenters. The molecule has 0 aliphatic rings. The van der Waals surface area contributed by atoms with Crippen LogP contribution in [-0.4, -0.2) is 34.1 Å². The first-order valence-electron chi connectivity index (χ1n) is 3.70. The monoisotopic (exact) mass is 169 g/mol. The van der Waals surface area contributed by atoms with Crippen LogP contribution in [0, 0.1) is 6.92 Å². The van der Waals surface area contributed by atoms with Crippen LogP contribution in [0.15, 0.2) is 0 Å². The van der Waals surface area contributed by atoms with E-state index in [-0.39, 0.29) is 23.1 Å². The number of hydrogen-bond acceptors (Lipinski definition) is 1. The maximum absolute atomic E-state index is 9.87. The average Bonchev–Trinajstić information content (AvgIpc) is 1.92. The maximum Gasteiger partial charge on any atom is 2.00 e. The van der Waals surface area contributed by atoms with E-state index in [0.717, 1.165) is 19.3 Å². The van der Waals surface area contributed by atoms with Gasteiger partial charge in [-0.15, -0.1) is 0 Å². The van der Waals surface area contributed by atoms with Crippen molar-refractivity contribution in [1.29, 1.82) is 0 Å². The summed E-state index contributed by atoms with van der Waals surface area (Å²) < 4.78 is 0. The van der Waals surface area contributed by atoms with Crippen LogP contribution in [0.2, 0.25) is 0 Å². The molecule has 0 radical (unpaired) electrons. The van der Waals surface area contributed by atoms with E-state index in [9.17, 15) is 4.79 Å². The molecule has 11 heavy (non-hydrogen) atoms. The van der Waals surface area contributed by atoms with Crippen LogP contribution >= 0.6 is 0 Å². The van der Waals surface area contributed by atoms with Crippen molar-refractivity contribution in [3.63, 3.8) is 0 Å². The first-order chi connectivity index (χ1) is 4.77. The van der Waals surface area contributed by atoms with Gasteiger partial charge in [0.2, 0.25) is 0 Å². The van der Waals surface area contributed by atoms with E-state index in [1.54, 1.807) is 6.92 Å². The normalized spacial score (nSPS) is 7.18. The molecule has 0 saturated carbocycles. The van der Waals surface area contributed by atoms with Gasteiger partial charge in [0, 0.05) is 6.42 Å². The van der Waals surface area contributed by atoms with E-state index >= 15 is 0 Å². The van der Waals surface area contributed by atoms with Gasteiger partial charge >= 0.3 is 29.0 Å². The third-order valence-corrected chi connectivity index (χ3v) is 0.994. The Morgan fingerprint density at radius 2 is 1.82 bits per heavy atom. The molecular formula is C8H17MgO2+. The second-order valence-corrected chi connectivity index (χ2v) is 1.85. The number of carboxylic acid groups (broad SMARTS) is 1. The van der Waals surface area contributed by atoms with E-state index in [0.29, 0.717) is 6.42 Å². The number of carbonyl (C=O) groups is 1. The molecule has 0 aliphatic heterocycles. The largest absolute Gasteiger partial charge is 2.00 e. The van der Waals surface area contributed by atoms with E-state index < -0.39 is 5.97 Å². The van der Waals surface area contributed by atoms with E-state index in [1.807, 2.05) is 0 Å². The van der Waals surface area contributed by atoms with Crippen molar-refractivity contribution < 1.29 is 9.90 Å². The SMILES string of the molecule is CCCCCC(=O)O.[CH2-]C.[Mg+2]. The van der Waals surface area contributed by atoms with Gasteiger partial charge in [0.05, 0.1) is 0 Å². The topological polar surface area (TPSA) is 37.3 Å². The predicted octanol–water partition coefficient (Wildman–Crippen LogP) is 2.11. The van der Waals surface area contributed by atoms with Crippen molar-refractivity contribution in [3.05, 3.63) is 6.92 Å². The Morgan fingerprint density at radius 3 is 2.09 bits per heavy atom. The molecule has 0 spiro atoms. The predicted molar refractivity (Wildman–Crippen MR) is 48.6 cm³/mol. The van der Waals surface area contributed by atoms with Crippen LogP contribution in [0.1, 0.15) is 39.5 Å². The number of unbranched alkanes of at least 4 members (excludes halogenated alkanes) is 2. The number of carboxylic acids is 1. The minimum Gasteiger partial charge on any atom is -0.481 e. The van der Waals surface area contributed by atoms with E-state index in [4.69, 9.17) is 5.11 Å². The zero-order valence-electron chi connectivity index (χ0n) is 7.60. The van der Waals surface area contributed by atoms with Crippen LogP contribution in [0.5, 0.6) is 0 Å². The van der Waals surface area contributed by atoms with Gasteiger partial charge in [-0.2, -0.15) is 6.92 Å². The molecule has 0 fully saturated rings. The van der Waals surface area contributed by atoms with Crippen molar-refractivity contribution in [1.82, 2.24) is 0 Å². The fraction of sp³-hybridized carbons (Fsp3) is 0.750. The van der Waals surface area contributed by atoms with Crippen molar-refractivity contribution in [2.45, 2.75) is 39.5 Å². The standard InChI is InChI=1S/C6H12O2.C2H5.Mg/c1-2-3-4-5-6(7)8;1-2;/h2-5H2,1H3,(H,7,8);1H2,2H3;/q;-1;+2. The van der Waals surface area contributed by atoms with Crippen molar-refractivity contribution in [3.8, 4) is 0 Å². The van der Waals surface area contributed by atoms with Crippen molar-refractivity contribution >= 4 is 29.0 Å². The van der Waals surface area contributed by atoms with Gasteiger partial charge in [-0.3, -0.25) is 4.79 Å². The number of aliphatic carboxylic acids is 1. The van der Waals surface area contributed by atoms with Crippen molar-refractivity contribution in [2.75, 3.05) is 0 Å². The molecule has 62 valence electrons. The molecule has 1 N–H and O–H groups in total. The third-order valence-electron chi connectivity index (χ3n) is 0.994. The summed E-state index contributed by atoms with van der Waals surface area (Å²) in [5, 5.41) is 8.14. The fourth-order valence-corrected chi connectivity index (χ4v) is 0.526. The first-order valence-corrected chi connectivity index (χ1v) is 3.70. The Hall–Kier alpha value is 0.236. The molecule has 0 bridgehead atoms. The summed E-state index contributed by atoms with van der Waals surface area (Å²) in [6, 6.07) is 0. The van der Waals surface area contributed by atoms with E-state index in [1.165, 1.54) is 0 Å². The molecule has 2 nitrogen and oxygen atoms in total. The van der Waals surface area contributed by atoms with Crippen LogP contribution in [0.25, 0.3) is 0 Å². The summed E-state index contributed by atoms with van der Waals surface area (Å²) in [4.78, 5) is 9.87. The summed E-state index contributed by atoms with van der Waals surface area (Å²) in [7, 11) is 0. The first kappa shape index (κ1) is 17.4. The maximum atomic E-state index is 9.87.